The maximum Gasteiger partial charge on any atom is 0.251 e. The number of carbonyl (C=O) groups excluding carboxylic acids is 1. The highest BCUT2D eigenvalue weighted by Crippen LogP contribution is 2.42. The van der Waals surface area contributed by atoms with Crippen molar-refractivity contribution in [2.75, 3.05) is 56.6 Å². The molecule has 8 heteroatoms. The number of fused-ring (bicyclic) bond motifs is 2. The van der Waals surface area contributed by atoms with Crippen LogP contribution < -0.4 is 32.6 Å². The van der Waals surface area contributed by atoms with Crippen molar-refractivity contribution in [3.05, 3.63) is 71.6 Å². The Morgan fingerprint density at radius 1 is 0.950 bits per heavy atom. The average Bonchev–Trinajstić information content (AvgIpc) is 2.97. The van der Waals surface area contributed by atoms with Crippen LogP contribution in [0.4, 0.5) is 5.69 Å². The molecule has 2 aliphatic rings. The highest BCUT2D eigenvalue weighted by molar-refractivity contribution is 7.80. The first-order valence-electron chi connectivity index (χ1n) is 14.0. The topological polar surface area (TPSA) is 57.7 Å². The summed E-state index contributed by atoms with van der Waals surface area (Å²) in [4.78, 5) is 15.7. The summed E-state index contributed by atoms with van der Waals surface area (Å²) in [5.41, 5.74) is 5.40. The number of hydrogen-bond donors (Lipinski definition) is 2. The van der Waals surface area contributed by atoms with Gasteiger partial charge in [-0.1, -0.05) is 18.2 Å². The minimum Gasteiger partial charge on any atom is -1.00 e. The first-order chi connectivity index (χ1) is 19.1. The van der Waals surface area contributed by atoms with E-state index in [9.17, 15) is 4.79 Å². The lowest BCUT2D eigenvalue weighted by atomic mass is 9.90. The molecule has 0 radical (unpaired) electrons. The van der Waals surface area contributed by atoms with Crippen LogP contribution in [0.2, 0.25) is 0 Å². The van der Waals surface area contributed by atoms with Gasteiger partial charge in [0, 0.05) is 65.3 Å². The zero-order chi connectivity index (χ0) is 27.8. The number of rotatable bonds is 12. The number of ether oxygens (including phenoxy) is 1. The van der Waals surface area contributed by atoms with E-state index in [4.69, 9.17) is 9.15 Å². The molecule has 0 atom stereocenters. The van der Waals surface area contributed by atoms with E-state index in [1.54, 1.807) is 0 Å². The smallest absolute Gasteiger partial charge is 0.251 e. The van der Waals surface area contributed by atoms with Gasteiger partial charge >= 0.3 is 0 Å². The molecule has 0 saturated carbocycles. The van der Waals surface area contributed by atoms with Crippen LogP contribution in [0.3, 0.4) is 0 Å². The number of benzene rings is 3. The third-order valence-corrected chi connectivity index (χ3v) is 7.34. The minimum absolute atomic E-state index is 0. The first-order valence-corrected chi connectivity index (χ1v) is 14.6. The summed E-state index contributed by atoms with van der Waals surface area (Å²) in [5.74, 6) is 1.33. The van der Waals surface area contributed by atoms with Gasteiger partial charge in [0.25, 0.3) is 5.91 Å². The van der Waals surface area contributed by atoms with Crippen LogP contribution in [0.5, 0.6) is 0 Å². The van der Waals surface area contributed by atoms with Crippen molar-refractivity contribution in [3.63, 3.8) is 0 Å². The molecule has 2 aromatic carbocycles. The normalized spacial score (nSPS) is 10.9. The molecule has 1 amide bonds. The van der Waals surface area contributed by atoms with Gasteiger partial charge in [-0.2, -0.15) is 12.6 Å². The largest absolute Gasteiger partial charge is 1.00 e. The molecule has 1 heterocycles. The molecular formula is C32H40ClN3O3S. The lowest BCUT2D eigenvalue weighted by Crippen LogP contribution is -3.00. The van der Waals surface area contributed by atoms with E-state index in [2.05, 4.69) is 91.5 Å². The number of halogens is 1. The Bertz CT molecular complexity index is 1460. The van der Waals surface area contributed by atoms with Gasteiger partial charge in [0.05, 0.1) is 19.3 Å². The lowest BCUT2D eigenvalue weighted by molar-refractivity contribution is -0.0000170. The van der Waals surface area contributed by atoms with Gasteiger partial charge in [0.2, 0.25) is 5.36 Å². The average molecular weight is 582 g/mol. The number of carbonyl (C=O) groups is 1. The van der Waals surface area contributed by atoms with Crippen molar-refractivity contribution in [1.29, 1.82) is 0 Å². The van der Waals surface area contributed by atoms with E-state index in [0.29, 0.717) is 31.1 Å². The Morgan fingerprint density at radius 2 is 1.70 bits per heavy atom. The monoisotopic (exact) mass is 581 g/mol. The summed E-state index contributed by atoms with van der Waals surface area (Å²) in [5, 5.41) is 5.11. The molecule has 1 aliphatic carbocycles. The third kappa shape index (κ3) is 6.82. The van der Waals surface area contributed by atoms with E-state index >= 15 is 0 Å². The Labute approximate surface area is 249 Å². The molecule has 2 aromatic rings. The summed E-state index contributed by atoms with van der Waals surface area (Å²) in [6, 6.07) is 20.6. The quantitative estimate of drug-likeness (QED) is 0.117. The van der Waals surface area contributed by atoms with Crippen molar-refractivity contribution in [3.8, 4) is 22.5 Å². The van der Waals surface area contributed by atoms with Gasteiger partial charge < -0.3 is 31.8 Å². The molecule has 214 valence electrons. The molecule has 1 aliphatic heterocycles. The predicted molar refractivity (Wildman–Crippen MR) is 165 cm³/mol. The van der Waals surface area contributed by atoms with Gasteiger partial charge in [-0.25, -0.2) is 4.58 Å². The van der Waals surface area contributed by atoms with E-state index in [1.165, 1.54) is 0 Å². The summed E-state index contributed by atoms with van der Waals surface area (Å²) >= 11 is 4.16. The van der Waals surface area contributed by atoms with Crippen LogP contribution in [0, 0.1) is 0 Å². The lowest BCUT2D eigenvalue weighted by Gasteiger charge is -2.22. The maximum atomic E-state index is 13.4. The Morgan fingerprint density at radius 3 is 2.40 bits per heavy atom. The molecule has 0 saturated heterocycles. The molecule has 0 unspecified atom stereocenters. The highest BCUT2D eigenvalue weighted by Gasteiger charge is 2.22. The number of nitrogens with one attached hydrogen (secondary N) is 1. The summed E-state index contributed by atoms with van der Waals surface area (Å²) < 4.78 is 14.4. The molecule has 0 spiro atoms. The number of anilines is 1. The van der Waals surface area contributed by atoms with Crippen LogP contribution in [-0.2, 0) is 4.74 Å². The Balaban J connectivity index is 0.00000441. The fourth-order valence-corrected chi connectivity index (χ4v) is 5.26. The van der Waals surface area contributed by atoms with Crippen LogP contribution >= 0.6 is 12.6 Å². The van der Waals surface area contributed by atoms with E-state index in [1.807, 2.05) is 24.3 Å². The minimum atomic E-state index is -0.123. The fourth-order valence-electron chi connectivity index (χ4n) is 5.13. The third-order valence-electron chi connectivity index (χ3n) is 7.15. The summed E-state index contributed by atoms with van der Waals surface area (Å²) in [7, 11) is 0. The van der Waals surface area contributed by atoms with Crippen molar-refractivity contribution in [1.82, 2.24) is 9.89 Å². The van der Waals surface area contributed by atoms with Crippen molar-refractivity contribution in [2.24, 2.45) is 0 Å². The van der Waals surface area contributed by atoms with Gasteiger partial charge in [-0.3, -0.25) is 4.79 Å². The van der Waals surface area contributed by atoms with Crippen molar-refractivity contribution in [2.45, 2.75) is 27.7 Å². The molecule has 6 nitrogen and oxygen atoms in total. The van der Waals surface area contributed by atoms with Gasteiger partial charge in [0.15, 0.2) is 0 Å². The number of hydrogen-bond acceptors (Lipinski definition) is 5. The zero-order valence-electron chi connectivity index (χ0n) is 23.9. The second-order valence-corrected chi connectivity index (χ2v) is 9.77. The predicted octanol–water partition coefficient (Wildman–Crippen LogP) is 2.54. The van der Waals surface area contributed by atoms with Gasteiger partial charge in [-0.15, -0.1) is 0 Å². The molecule has 0 bridgehead atoms. The molecule has 4 rings (SSSR count). The Hall–Kier alpha value is -3.00. The molecule has 1 N–H and O–H groups in total. The summed E-state index contributed by atoms with van der Waals surface area (Å²) in [6.45, 7) is 13.7. The zero-order valence-corrected chi connectivity index (χ0v) is 25.5. The second-order valence-electron chi connectivity index (χ2n) is 9.32. The molecule has 40 heavy (non-hydrogen) atoms. The Kier molecular flexibility index (Phi) is 11.9. The standard InChI is InChI=1S/C32H39N3O3S.ClH/c1-5-34(6-2)23-13-15-27-29(21-23)38-30-22-24(35(7-3)8-4)14-16-28(30)31(27)25-11-9-10-12-26(25)32(36)33-17-18-37-19-20-39;/h9-16,21-22H,5-8,17-20H2,1-4H3,(H-,33,36,39);1H. The van der Waals surface area contributed by atoms with Crippen LogP contribution in [0.25, 0.3) is 33.4 Å². The first kappa shape index (κ1) is 31.5. The van der Waals surface area contributed by atoms with Gasteiger partial charge in [0.1, 0.15) is 24.4 Å². The number of thiol groups is 1. The second kappa shape index (κ2) is 15.1. The summed E-state index contributed by atoms with van der Waals surface area (Å²) in [6.07, 6.45) is 0. The van der Waals surface area contributed by atoms with E-state index in [0.717, 1.165) is 70.6 Å². The van der Waals surface area contributed by atoms with Crippen molar-refractivity contribution < 1.29 is 26.4 Å². The molecular weight excluding hydrogens is 542 g/mol. The number of amides is 1. The molecule has 0 aromatic heterocycles. The van der Waals surface area contributed by atoms with Crippen molar-refractivity contribution >= 4 is 35.2 Å². The van der Waals surface area contributed by atoms with Crippen LogP contribution in [-0.4, -0.2) is 57.6 Å². The maximum absolute atomic E-state index is 13.4. The van der Waals surface area contributed by atoms with E-state index < -0.39 is 0 Å². The van der Waals surface area contributed by atoms with Crippen LogP contribution in [0.1, 0.15) is 38.1 Å². The fraction of sp³-hybridized carbons (Fsp3) is 0.375. The van der Waals surface area contributed by atoms with Crippen LogP contribution in [0.15, 0.2) is 65.1 Å². The van der Waals surface area contributed by atoms with Gasteiger partial charge in [-0.05, 0) is 57.5 Å². The highest BCUT2D eigenvalue weighted by atomic mass is 35.5. The number of nitrogens with zero attached hydrogens (tertiary/aromatic N) is 2. The SMILES string of the molecule is CCN(CC)c1ccc2c(-c3ccccc3C(=O)NCCOCCS)c3ccc(=[N+](CC)CC)cc-3oc2c1.[Cl-]. The van der Waals surface area contributed by atoms with E-state index in [-0.39, 0.29) is 18.3 Å². The molecule has 0 fully saturated rings.